The molecule has 0 spiro atoms. The number of anilines is 2. The summed E-state index contributed by atoms with van der Waals surface area (Å²) < 4.78 is 5.04. The first kappa shape index (κ1) is 25.3. The predicted octanol–water partition coefficient (Wildman–Crippen LogP) is 3.32. The van der Waals surface area contributed by atoms with Crippen LogP contribution in [0, 0.1) is 20.8 Å². The maximum absolute atomic E-state index is 13.0. The van der Waals surface area contributed by atoms with Crippen molar-refractivity contribution in [3.05, 3.63) is 94.0 Å². The van der Waals surface area contributed by atoms with Crippen LogP contribution < -0.4 is 15.5 Å². The van der Waals surface area contributed by atoms with Crippen molar-refractivity contribution in [2.75, 3.05) is 23.4 Å². The first-order valence-corrected chi connectivity index (χ1v) is 11.6. The van der Waals surface area contributed by atoms with E-state index in [1.165, 1.54) is 18.2 Å². The zero-order valence-electron chi connectivity index (χ0n) is 20.6. The van der Waals surface area contributed by atoms with Gasteiger partial charge in [-0.2, -0.15) is 0 Å². The average Bonchev–Trinajstić information content (AvgIpc) is 3.13. The molecule has 1 heterocycles. The van der Waals surface area contributed by atoms with E-state index in [0.29, 0.717) is 11.4 Å². The van der Waals surface area contributed by atoms with E-state index < -0.39 is 36.2 Å². The van der Waals surface area contributed by atoms with Gasteiger partial charge in [-0.15, -0.1) is 0 Å². The quantitative estimate of drug-likeness (QED) is 0.380. The summed E-state index contributed by atoms with van der Waals surface area (Å²) in [6.45, 7) is 4.69. The highest BCUT2D eigenvalue weighted by Gasteiger charge is 2.37. The molecule has 3 aromatic rings. The maximum atomic E-state index is 13.0. The van der Waals surface area contributed by atoms with Crippen LogP contribution in [0.15, 0.2) is 60.7 Å². The van der Waals surface area contributed by atoms with Crippen LogP contribution in [-0.2, 0) is 14.3 Å². The molecule has 0 fully saturated rings. The molecule has 0 unspecified atom stereocenters. The van der Waals surface area contributed by atoms with Crippen LogP contribution in [-0.4, -0.2) is 42.7 Å². The van der Waals surface area contributed by atoms with Gasteiger partial charge in [-0.05, 0) is 67.8 Å². The van der Waals surface area contributed by atoms with E-state index >= 15 is 0 Å². The van der Waals surface area contributed by atoms with Crippen molar-refractivity contribution in [1.29, 1.82) is 0 Å². The zero-order valence-corrected chi connectivity index (χ0v) is 20.6. The molecule has 0 saturated heterocycles. The van der Waals surface area contributed by atoms with Crippen LogP contribution in [0.3, 0.4) is 0 Å². The van der Waals surface area contributed by atoms with Crippen LogP contribution in [0.5, 0.6) is 0 Å². The first-order chi connectivity index (χ1) is 17.7. The van der Waals surface area contributed by atoms with Crippen molar-refractivity contribution in [1.82, 2.24) is 5.32 Å². The SMILES string of the molecule is Cc1ccccc1N1C(=O)c2ccc(C(=O)OCC(=O)NCC(=O)Nc3cccc(C)c3C)cc2C1=O. The van der Waals surface area contributed by atoms with E-state index in [-0.39, 0.29) is 23.2 Å². The smallest absolute Gasteiger partial charge is 0.338 e. The summed E-state index contributed by atoms with van der Waals surface area (Å²) in [5.74, 6) is -2.95. The molecule has 0 aromatic heterocycles. The standard InChI is InChI=1S/C28H25N3O6/c1-16-8-6-9-22(18(16)3)30-24(32)14-29-25(33)15-37-28(36)19-11-12-20-21(13-19)27(35)31(26(20)34)23-10-5-4-7-17(23)2/h4-13H,14-15H2,1-3H3,(H,29,33)(H,30,32). The van der Waals surface area contributed by atoms with Crippen molar-refractivity contribution in [2.45, 2.75) is 20.8 Å². The molecule has 0 saturated carbocycles. The number of hydrogen-bond acceptors (Lipinski definition) is 6. The Labute approximate surface area is 213 Å². The molecule has 0 aliphatic carbocycles. The van der Waals surface area contributed by atoms with Gasteiger partial charge in [-0.1, -0.05) is 30.3 Å². The van der Waals surface area contributed by atoms with E-state index in [4.69, 9.17) is 4.74 Å². The highest BCUT2D eigenvalue weighted by atomic mass is 16.5. The number of imide groups is 1. The van der Waals surface area contributed by atoms with E-state index in [1.807, 2.05) is 26.0 Å². The fourth-order valence-electron chi connectivity index (χ4n) is 3.93. The second-order valence-electron chi connectivity index (χ2n) is 8.64. The second kappa shape index (κ2) is 10.4. The molecule has 0 radical (unpaired) electrons. The van der Waals surface area contributed by atoms with Gasteiger partial charge in [0.05, 0.1) is 28.9 Å². The fourth-order valence-corrected chi connectivity index (χ4v) is 3.93. The Hall–Kier alpha value is -4.79. The minimum absolute atomic E-state index is 0.0204. The van der Waals surface area contributed by atoms with E-state index in [9.17, 15) is 24.0 Å². The topological polar surface area (TPSA) is 122 Å². The molecular weight excluding hydrogens is 474 g/mol. The first-order valence-electron chi connectivity index (χ1n) is 11.6. The van der Waals surface area contributed by atoms with Gasteiger partial charge in [-0.3, -0.25) is 19.2 Å². The van der Waals surface area contributed by atoms with Crippen molar-refractivity contribution in [3.8, 4) is 0 Å². The summed E-state index contributed by atoms with van der Waals surface area (Å²) in [5.41, 5.74) is 4.10. The van der Waals surface area contributed by atoms with Crippen molar-refractivity contribution in [3.63, 3.8) is 0 Å². The number of fused-ring (bicyclic) bond motifs is 1. The Balaban J connectivity index is 1.33. The maximum Gasteiger partial charge on any atom is 0.338 e. The minimum atomic E-state index is -0.840. The molecule has 1 aliphatic heterocycles. The lowest BCUT2D eigenvalue weighted by Crippen LogP contribution is -2.35. The van der Waals surface area contributed by atoms with Crippen LogP contribution in [0.2, 0.25) is 0 Å². The van der Waals surface area contributed by atoms with Gasteiger partial charge in [-0.25, -0.2) is 9.69 Å². The Morgan fingerprint density at radius 3 is 2.27 bits per heavy atom. The number of ether oxygens (including phenoxy) is 1. The van der Waals surface area contributed by atoms with E-state index in [0.717, 1.165) is 21.6 Å². The third-order valence-corrected chi connectivity index (χ3v) is 6.14. The number of para-hydroxylation sites is 1. The van der Waals surface area contributed by atoms with E-state index in [2.05, 4.69) is 10.6 Å². The van der Waals surface area contributed by atoms with Gasteiger partial charge in [0.1, 0.15) is 0 Å². The molecule has 0 atom stereocenters. The summed E-state index contributed by atoms with van der Waals surface area (Å²) >= 11 is 0. The van der Waals surface area contributed by atoms with Gasteiger partial charge in [0.25, 0.3) is 17.7 Å². The monoisotopic (exact) mass is 499 g/mol. The van der Waals surface area contributed by atoms with Gasteiger partial charge in [0.2, 0.25) is 5.91 Å². The van der Waals surface area contributed by atoms with Crippen molar-refractivity contribution < 1.29 is 28.7 Å². The molecule has 9 nitrogen and oxygen atoms in total. The number of nitrogens with zero attached hydrogens (tertiary/aromatic N) is 1. The molecule has 3 aromatic carbocycles. The Morgan fingerprint density at radius 1 is 0.811 bits per heavy atom. The highest BCUT2D eigenvalue weighted by Crippen LogP contribution is 2.31. The number of hydrogen-bond donors (Lipinski definition) is 2. The number of nitrogens with one attached hydrogen (secondary N) is 2. The molecule has 9 heteroatoms. The Kier molecular flexibility index (Phi) is 7.15. The van der Waals surface area contributed by atoms with Crippen molar-refractivity contribution in [2.24, 2.45) is 0 Å². The molecule has 1 aliphatic rings. The molecule has 2 N–H and O–H groups in total. The van der Waals surface area contributed by atoms with Gasteiger partial charge >= 0.3 is 5.97 Å². The molecule has 4 rings (SSSR count). The minimum Gasteiger partial charge on any atom is -0.452 e. The number of rotatable bonds is 7. The van der Waals surface area contributed by atoms with Crippen LogP contribution in [0.4, 0.5) is 11.4 Å². The summed E-state index contributed by atoms with van der Waals surface area (Å²) in [5, 5.41) is 5.12. The number of aryl methyl sites for hydroxylation is 2. The highest BCUT2D eigenvalue weighted by molar-refractivity contribution is 6.35. The molecule has 37 heavy (non-hydrogen) atoms. The van der Waals surface area contributed by atoms with Crippen LogP contribution in [0.1, 0.15) is 47.8 Å². The van der Waals surface area contributed by atoms with Gasteiger partial charge < -0.3 is 15.4 Å². The lowest BCUT2D eigenvalue weighted by atomic mass is 10.1. The fraction of sp³-hybridized carbons (Fsp3) is 0.179. The summed E-state index contributed by atoms with van der Waals surface area (Å²) in [4.78, 5) is 63.6. The number of carbonyl (C=O) groups is 5. The van der Waals surface area contributed by atoms with Gasteiger partial charge in [0.15, 0.2) is 6.61 Å². The Morgan fingerprint density at radius 2 is 1.51 bits per heavy atom. The summed E-state index contributed by atoms with van der Waals surface area (Å²) in [6, 6.07) is 16.5. The predicted molar refractivity (Wildman–Crippen MR) is 137 cm³/mol. The zero-order chi connectivity index (χ0) is 26.7. The second-order valence-corrected chi connectivity index (χ2v) is 8.64. The van der Waals surface area contributed by atoms with Crippen LogP contribution in [0.25, 0.3) is 0 Å². The summed E-state index contributed by atoms with van der Waals surface area (Å²) in [6.07, 6.45) is 0. The third kappa shape index (κ3) is 5.25. The lowest BCUT2D eigenvalue weighted by molar-refractivity contribution is -0.126. The average molecular weight is 500 g/mol. The number of carbonyl (C=O) groups excluding carboxylic acids is 5. The van der Waals surface area contributed by atoms with E-state index in [1.54, 1.807) is 37.3 Å². The third-order valence-electron chi connectivity index (χ3n) is 6.14. The van der Waals surface area contributed by atoms with Crippen LogP contribution >= 0.6 is 0 Å². The lowest BCUT2D eigenvalue weighted by Gasteiger charge is -2.16. The van der Waals surface area contributed by atoms with Gasteiger partial charge in [0, 0.05) is 5.69 Å². The number of amides is 4. The molecule has 4 amide bonds. The molecule has 188 valence electrons. The number of benzene rings is 3. The van der Waals surface area contributed by atoms with Crippen molar-refractivity contribution >= 4 is 41.0 Å². The molecular formula is C28H25N3O6. The Bertz CT molecular complexity index is 1450. The molecule has 0 bridgehead atoms. The normalized spacial score (nSPS) is 12.2. The largest absolute Gasteiger partial charge is 0.452 e. The summed E-state index contributed by atoms with van der Waals surface area (Å²) in [7, 11) is 0. The number of esters is 1.